The lowest BCUT2D eigenvalue weighted by molar-refractivity contribution is 0.0857. The van der Waals surface area contributed by atoms with Gasteiger partial charge in [-0.2, -0.15) is 0 Å². The van der Waals surface area contributed by atoms with E-state index >= 15 is 0 Å². The molecule has 1 unspecified atom stereocenters. The van der Waals surface area contributed by atoms with Crippen molar-refractivity contribution in [2.24, 2.45) is 0 Å². The molecule has 0 radical (unpaired) electrons. The van der Waals surface area contributed by atoms with E-state index in [0.717, 1.165) is 25.2 Å². The minimum atomic E-state index is -0.143. The lowest BCUT2D eigenvalue weighted by atomic mass is 10.1. The van der Waals surface area contributed by atoms with Crippen molar-refractivity contribution in [3.05, 3.63) is 54.1 Å². The molecule has 2 aromatic carbocycles. The number of benzene rings is 2. The molecule has 1 atom stereocenters. The predicted molar refractivity (Wildman–Crippen MR) is 106 cm³/mol. The minimum absolute atomic E-state index is 0.113. The van der Waals surface area contributed by atoms with Gasteiger partial charge in [0.05, 0.1) is 12.7 Å². The van der Waals surface area contributed by atoms with Gasteiger partial charge in [0.2, 0.25) is 0 Å². The maximum Gasteiger partial charge on any atom is 0.251 e. The highest BCUT2D eigenvalue weighted by molar-refractivity contribution is 5.94. The van der Waals surface area contributed by atoms with E-state index in [-0.39, 0.29) is 12.0 Å². The molecule has 2 aromatic rings. The quantitative estimate of drug-likeness (QED) is 0.635. The van der Waals surface area contributed by atoms with Crippen LogP contribution in [0.15, 0.2) is 48.5 Å². The summed E-state index contributed by atoms with van der Waals surface area (Å²) in [5.74, 6) is 1.80. The standard InChI is InChI=1S/C22H27NO5/c1-2-25-21-15-17(22(24)23-16-19-9-6-12-26-19)10-11-20(21)28-14-13-27-18-7-4-3-5-8-18/h3-5,7-8,10-11,15,19H,2,6,9,12-14,16H2,1H3,(H,23,24). The third-order valence-electron chi connectivity index (χ3n) is 4.37. The van der Waals surface area contributed by atoms with Crippen LogP contribution < -0.4 is 19.5 Å². The molecule has 1 heterocycles. The first-order valence-corrected chi connectivity index (χ1v) is 9.73. The second-order valence-electron chi connectivity index (χ2n) is 6.45. The molecular weight excluding hydrogens is 358 g/mol. The van der Waals surface area contributed by atoms with E-state index in [1.165, 1.54) is 0 Å². The number of nitrogens with one attached hydrogen (secondary N) is 1. The van der Waals surface area contributed by atoms with Crippen LogP contribution in [0.1, 0.15) is 30.1 Å². The molecule has 1 saturated heterocycles. The number of para-hydroxylation sites is 1. The summed E-state index contributed by atoms with van der Waals surface area (Å²) in [7, 11) is 0. The van der Waals surface area contributed by atoms with Crippen LogP contribution in [0.5, 0.6) is 17.2 Å². The number of hydrogen-bond donors (Lipinski definition) is 1. The first-order chi connectivity index (χ1) is 13.8. The Balaban J connectivity index is 1.53. The Morgan fingerprint density at radius 1 is 1.07 bits per heavy atom. The summed E-state index contributed by atoms with van der Waals surface area (Å²) >= 11 is 0. The maximum absolute atomic E-state index is 12.4. The number of carbonyl (C=O) groups excluding carboxylic acids is 1. The fourth-order valence-corrected chi connectivity index (χ4v) is 2.98. The number of rotatable bonds is 10. The second kappa shape index (κ2) is 10.6. The van der Waals surface area contributed by atoms with Gasteiger partial charge in [0.1, 0.15) is 19.0 Å². The summed E-state index contributed by atoms with van der Waals surface area (Å²) in [6.07, 6.45) is 2.15. The van der Waals surface area contributed by atoms with Crippen LogP contribution in [0.4, 0.5) is 0 Å². The predicted octanol–water partition coefficient (Wildman–Crippen LogP) is 3.45. The second-order valence-corrected chi connectivity index (χ2v) is 6.45. The normalized spacial score (nSPS) is 15.8. The first kappa shape index (κ1) is 20.0. The van der Waals surface area contributed by atoms with Gasteiger partial charge in [0, 0.05) is 18.7 Å². The Morgan fingerprint density at radius 2 is 1.89 bits per heavy atom. The Kier molecular flexibility index (Phi) is 7.55. The molecule has 6 heteroatoms. The lowest BCUT2D eigenvalue weighted by Gasteiger charge is -2.15. The smallest absolute Gasteiger partial charge is 0.251 e. The van der Waals surface area contributed by atoms with E-state index in [1.54, 1.807) is 18.2 Å². The Hall–Kier alpha value is -2.73. The van der Waals surface area contributed by atoms with Crippen LogP contribution in [0.2, 0.25) is 0 Å². The molecule has 0 spiro atoms. The summed E-state index contributed by atoms with van der Waals surface area (Å²) in [4.78, 5) is 12.4. The average molecular weight is 385 g/mol. The van der Waals surface area contributed by atoms with Gasteiger partial charge in [0.15, 0.2) is 11.5 Å². The van der Waals surface area contributed by atoms with E-state index in [9.17, 15) is 4.79 Å². The molecule has 1 aliphatic heterocycles. The Morgan fingerprint density at radius 3 is 2.64 bits per heavy atom. The van der Waals surface area contributed by atoms with Crippen LogP contribution in [0, 0.1) is 0 Å². The van der Waals surface area contributed by atoms with Gasteiger partial charge in [-0.05, 0) is 50.1 Å². The van der Waals surface area contributed by atoms with Crippen molar-refractivity contribution in [1.29, 1.82) is 0 Å². The van der Waals surface area contributed by atoms with Gasteiger partial charge in [-0.25, -0.2) is 0 Å². The zero-order valence-electron chi connectivity index (χ0n) is 16.2. The van der Waals surface area contributed by atoms with Crippen LogP contribution in [0.25, 0.3) is 0 Å². The molecule has 1 amide bonds. The third kappa shape index (κ3) is 5.89. The van der Waals surface area contributed by atoms with Crippen LogP contribution in [-0.2, 0) is 4.74 Å². The monoisotopic (exact) mass is 385 g/mol. The summed E-state index contributed by atoms with van der Waals surface area (Å²) in [5.41, 5.74) is 0.536. The van der Waals surface area contributed by atoms with Gasteiger partial charge < -0.3 is 24.3 Å². The number of carbonyl (C=O) groups is 1. The number of hydrogen-bond acceptors (Lipinski definition) is 5. The Labute approximate surface area is 165 Å². The molecule has 0 bridgehead atoms. The number of amides is 1. The van der Waals surface area contributed by atoms with Crippen molar-refractivity contribution >= 4 is 5.91 Å². The zero-order chi connectivity index (χ0) is 19.6. The largest absolute Gasteiger partial charge is 0.490 e. The van der Waals surface area contributed by atoms with Crippen molar-refractivity contribution in [3.63, 3.8) is 0 Å². The van der Waals surface area contributed by atoms with Crippen LogP contribution >= 0.6 is 0 Å². The minimum Gasteiger partial charge on any atom is -0.490 e. The van der Waals surface area contributed by atoms with Gasteiger partial charge in [-0.15, -0.1) is 0 Å². The van der Waals surface area contributed by atoms with Crippen LogP contribution in [0.3, 0.4) is 0 Å². The fraction of sp³-hybridized carbons (Fsp3) is 0.409. The molecule has 0 saturated carbocycles. The summed E-state index contributed by atoms with van der Waals surface area (Å²) in [6.45, 7) is 4.47. The zero-order valence-corrected chi connectivity index (χ0v) is 16.2. The highest BCUT2D eigenvalue weighted by Gasteiger charge is 2.17. The highest BCUT2D eigenvalue weighted by Crippen LogP contribution is 2.28. The van der Waals surface area contributed by atoms with Crippen molar-refractivity contribution in [2.75, 3.05) is 33.0 Å². The van der Waals surface area contributed by atoms with Gasteiger partial charge in [0.25, 0.3) is 5.91 Å². The lowest BCUT2D eigenvalue weighted by Crippen LogP contribution is -2.31. The molecule has 150 valence electrons. The highest BCUT2D eigenvalue weighted by atomic mass is 16.5. The molecule has 1 aliphatic rings. The topological polar surface area (TPSA) is 66.0 Å². The maximum atomic E-state index is 12.4. The molecule has 0 aromatic heterocycles. The molecule has 6 nitrogen and oxygen atoms in total. The van der Waals surface area contributed by atoms with E-state index in [2.05, 4.69) is 5.32 Å². The van der Waals surface area contributed by atoms with Gasteiger partial charge in [-0.1, -0.05) is 18.2 Å². The first-order valence-electron chi connectivity index (χ1n) is 9.73. The van der Waals surface area contributed by atoms with Crippen molar-refractivity contribution < 1.29 is 23.7 Å². The van der Waals surface area contributed by atoms with Gasteiger partial charge in [-0.3, -0.25) is 4.79 Å². The summed E-state index contributed by atoms with van der Waals surface area (Å²) < 4.78 is 22.6. The molecular formula is C22H27NO5. The SMILES string of the molecule is CCOc1cc(C(=O)NCC2CCCO2)ccc1OCCOc1ccccc1. The van der Waals surface area contributed by atoms with Crippen molar-refractivity contribution in [1.82, 2.24) is 5.32 Å². The fourth-order valence-electron chi connectivity index (χ4n) is 2.98. The van der Waals surface area contributed by atoms with E-state index in [1.807, 2.05) is 37.3 Å². The molecule has 0 aliphatic carbocycles. The van der Waals surface area contributed by atoms with Crippen molar-refractivity contribution in [2.45, 2.75) is 25.9 Å². The molecule has 1 N–H and O–H groups in total. The van der Waals surface area contributed by atoms with E-state index < -0.39 is 0 Å². The summed E-state index contributed by atoms with van der Waals surface area (Å²) in [6, 6.07) is 14.8. The Bertz CT molecular complexity index is 744. The summed E-state index contributed by atoms with van der Waals surface area (Å²) in [5, 5.41) is 2.92. The van der Waals surface area contributed by atoms with E-state index in [0.29, 0.717) is 43.4 Å². The molecule has 1 fully saturated rings. The molecule has 28 heavy (non-hydrogen) atoms. The molecule has 3 rings (SSSR count). The third-order valence-corrected chi connectivity index (χ3v) is 4.37. The van der Waals surface area contributed by atoms with Gasteiger partial charge >= 0.3 is 0 Å². The van der Waals surface area contributed by atoms with Crippen LogP contribution in [-0.4, -0.2) is 45.0 Å². The average Bonchev–Trinajstić information content (AvgIpc) is 3.25. The van der Waals surface area contributed by atoms with E-state index in [4.69, 9.17) is 18.9 Å². The number of ether oxygens (including phenoxy) is 4. The van der Waals surface area contributed by atoms with Crippen molar-refractivity contribution in [3.8, 4) is 17.2 Å².